The Hall–Kier alpha value is -2.77. The van der Waals surface area contributed by atoms with Crippen molar-refractivity contribution in [3.63, 3.8) is 0 Å². The van der Waals surface area contributed by atoms with E-state index in [-0.39, 0.29) is 18.0 Å². The highest BCUT2D eigenvalue weighted by molar-refractivity contribution is 7.19. The Kier molecular flexibility index (Phi) is 4.63. The van der Waals surface area contributed by atoms with Crippen molar-refractivity contribution in [3.8, 4) is 10.4 Å². The highest BCUT2D eigenvalue weighted by Gasteiger charge is 2.16. The fraction of sp³-hybridized carbons (Fsp3) is 0.150. The van der Waals surface area contributed by atoms with Gasteiger partial charge in [-0.1, -0.05) is 18.2 Å². The van der Waals surface area contributed by atoms with E-state index in [1.54, 1.807) is 11.3 Å². The topological polar surface area (TPSA) is 64.0 Å². The summed E-state index contributed by atoms with van der Waals surface area (Å²) >= 11 is 3.09. The maximum Gasteiger partial charge on any atom is 0.263 e. The summed E-state index contributed by atoms with van der Waals surface area (Å²) in [6.07, 6.45) is 1.45. The Morgan fingerprint density at radius 2 is 2.00 bits per heavy atom. The van der Waals surface area contributed by atoms with Crippen LogP contribution in [0.4, 0.5) is 5.69 Å². The van der Waals surface area contributed by atoms with Crippen LogP contribution < -0.4 is 10.9 Å². The molecule has 1 N–H and O–H groups in total. The minimum absolute atomic E-state index is 0.0745. The third-order valence-electron chi connectivity index (χ3n) is 4.30. The highest BCUT2D eigenvalue weighted by atomic mass is 32.1. The van der Waals surface area contributed by atoms with E-state index in [2.05, 4.69) is 10.3 Å². The molecule has 27 heavy (non-hydrogen) atoms. The summed E-state index contributed by atoms with van der Waals surface area (Å²) in [5.41, 5.74) is 2.41. The largest absolute Gasteiger partial charge is 0.324 e. The van der Waals surface area contributed by atoms with Crippen molar-refractivity contribution in [1.29, 1.82) is 0 Å². The number of nitrogens with one attached hydrogen (secondary N) is 1. The lowest BCUT2D eigenvalue weighted by atomic mass is 10.2. The maximum absolute atomic E-state index is 13.0. The zero-order valence-electron chi connectivity index (χ0n) is 14.9. The lowest BCUT2D eigenvalue weighted by Crippen LogP contribution is -2.28. The number of hydrogen-bond acceptors (Lipinski definition) is 5. The number of benzene rings is 1. The minimum Gasteiger partial charge on any atom is -0.324 e. The van der Waals surface area contributed by atoms with Gasteiger partial charge in [-0.2, -0.15) is 0 Å². The van der Waals surface area contributed by atoms with Crippen LogP contribution in [0.25, 0.3) is 20.7 Å². The molecule has 1 amide bonds. The van der Waals surface area contributed by atoms with E-state index < -0.39 is 0 Å². The molecule has 0 aliphatic carbocycles. The van der Waals surface area contributed by atoms with Gasteiger partial charge in [0.15, 0.2) is 0 Å². The molecule has 0 saturated carbocycles. The number of anilines is 1. The second kappa shape index (κ2) is 7.09. The summed E-state index contributed by atoms with van der Waals surface area (Å²) in [5.74, 6) is -0.253. The molecule has 0 saturated heterocycles. The van der Waals surface area contributed by atoms with Gasteiger partial charge in [0, 0.05) is 26.4 Å². The van der Waals surface area contributed by atoms with Crippen molar-refractivity contribution in [2.24, 2.45) is 0 Å². The highest BCUT2D eigenvalue weighted by Crippen LogP contribution is 2.34. The third kappa shape index (κ3) is 3.43. The van der Waals surface area contributed by atoms with Crippen LogP contribution in [0.3, 0.4) is 0 Å². The molecule has 4 aromatic rings. The van der Waals surface area contributed by atoms with E-state index in [1.807, 2.05) is 55.6 Å². The van der Waals surface area contributed by atoms with Crippen molar-refractivity contribution in [1.82, 2.24) is 9.55 Å². The molecule has 0 fully saturated rings. The minimum atomic E-state index is -0.253. The Labute approximate surface area is 163 Å². The number of amides is 1. The molecule has 7 heteroatoms. The van der Waals surface area contributed by atoms with Gasteiger partial charge in [-0.05, 0) is 37.6 Å². The molecule has 0 unspecified atom stereocenters. The predicted molar refractivity (Wildman–Crippen MR) is 112 cm³/mol. The smallest absolute Gasteiger partial charge is 0.263 e. The Balaban J connectivity index is 1.67. The van der Waals surface area contributed by atoms with Gasteiger partial charge in [-0.15, -0.1) is 22.7 Å². The van der Waals surface area contributed by atoms with Gasteiger partial charge < -0.3 is 5.32 Å². The summed E-state index contributed by atoms with van der Waals surface area (Å²) in [6.45, 7) is 3.89. The maximum atomic E-state index is 13.0. The fourth-order valence-electron chi connectivity index (χ4n) is 2.90. The van der Waals surface area contributed by atoms with E-state index in [9.17, 15) is 9.59 Å². The van der Waals surface area contributed by atoms with Crippen LogP contribution in [0.2, 0.25) is 0 Å². The Bertz CT molecular complexity index is 1200. The number of nitrogens with zero attached hydrogens (tertiary/aromatic N) is 2. The molecule has 0 atom stereocenters. The van der Waals surface area contributed by atoms with E-state index in [0.717, 1.165) is 21.7 Å². The van der Waals surface area contributed by atoms with Gasteiger partial charge in [0.2, 0.25) is 5.91 Å². The van der Waals surface area contributed by atoms with Gasteiger partial charge in [0.25, 0.3) is 5.56 Å². The Morgan fingerprint density at radius 1 is 1.19 bits per heavy atom. The SMILES string of the molecule is Cc1ccc(-c2csc3ncn(CC(=O)Nc4ccccc4C)c(=O)c23)s1. The van der Waals surface area contributed by atoms with Crippen LogP contribution in [-0.2, 0) is 11.3 Å². The normalized spacial score (nSPS) is 11.0. The summed E-state index contributed by atoms with van der Waals surface area (Å²) in [4.78, 5) is 32.7. The zero-order chi connectivity index (χ0) is 19.0. The van der Waals surface area contributed by atoms with Crippen LogP contribution in [-0.4, -0.2) is 15.5 Å². The van der Waals surface area contributed by atoms with Crippen LogP contribution >= 0.6 is 22.7 Å². The van der Waals surface area contributed by atoms with Crippen LogP contribution in [0, 0.1) is 13.8 Å². The molecule has 0 aliphatic heterocycles. The first-order valence-corrected chi connectivity index (χ1v) is 10.1. The molecule has 5 nitrogen and oxygen atoms in total. The van der Waals surface area contributed by atoms with Crippen molar-refractivity contribution in [2.75, 3.05) is 5.32 Å². The number of carbonyl (C=O) groups is 1. The Morgan fingerprint density at radius 3 is 2.74 bits per heavy atom. The molecule has 0 spiro atoms. The summed E-state index contributed by atoms with van der Waals surface area (Å²) in [5, 5.41) is 5.39. The second-order valence-corrected chi connectivity index (χ2v) is 8.43. The van der Waals surface area contributed by atoms with Gasteiger partial charge in [-0.25, -0.2) is 4.98 Å². The number of aromatic nitrogens is 2. The quantitative estimate of drug-likeness (QED) is 0.555. The van der Waals surface area contributed by atoms with Crippen molar-refractivity contribution >= 4 is 44.5 Å². The van der Waals surface area contributed by atoms with Crippen LogP contribution in [0.15, 0.2) is 52.9 Å². The number of para-hydroxylation sites is 1. The molecular weight excluding hydrogens is 378 g/mol. The molecule has 136 valence electrons. The molecule has 3 aromatic heterocycles. The summed E-state index contributed by atoms with van der Waals surface area (Å²) < 4.78 is 1.37. The number of thiophene rings is 2. The number of carbonyl (C=O) groups excluding carboxylic acids is 1. The van der Waals surface area contributed by atoms with Crippen molar-refractivity contribution < 1.29 is 4.79 Å². The van der Waals surface area contributed by atoms with Gasteiger partial charge in [-0.3, -0.25) is 14.2 Å². The van der Waals surface area contributed by atoms with E-state index in [4.69, 9.17) is 0 Å². The first-order valence-electron chi connectivity index (χ1n) is 8.42. The van der Waals surface area contributed by atoms with E-state index >= 15 is 0 Å². The lowest BCUT2D eigenvalue weighted by molar-refractivity contribution is -0.116. The van der Waals surface area contributed by atoms with Crippen molar-refractivity contribution in [3.05, 3.63) is 68.9 Å². The van der Waals surface area contributed by atoms with Crippen LogP contribution in [0.1, 0.15) is 10.4 Å². The van der Waals surface area contributed by atoms with Gasteiger partial charge in [0.05, 0.1) is 11.7 Å². The van der Waals surface area contributed by atoms with Crippen LogP contribution in [0.5, 0.6) is 0 Å². The van der Waals surface area contributed by atoms with Gasteiger partial charge >= 0.3 is 0 Å². The number of aryl methyl sites for hydroxylation is 2. The average molecular weight is 396 g/mol. The number of fused-ring (bicyclic) bond motifs is 1. The molecular formula is C20H17N3O2S2. The standard InChI is InChI=1S/C20H17N3O2S2/c1-12-5-3-4-6-15(12)22-17(24)9-23-11-21-19-18(20(23)25)14(10-26-19)16-8-7-13(2)27-16/h3-8,10-11H,9H2,1-2H3,(H,22,24). The molecule has 3 heterocycles. The van der Waals surface area contributed by atoms with Crippen molar-refractivity contribution in [2.45, 2.75) is 20.4 Å². The first kappa shape index (κ1) is 17.6. The number of rotatable bonds is 4. The van der Waals surface area contributed by atoms with Gasteiger partial charge in [0.1, 0.15) is 11.4 Å². The third-order valence-corrected chi connectivity index (χ3v) is 6.22. The molecule has 0 bridgehead atoms. The molecule has 0 radical (unpaired) electrons. The summed E-state index contributed by atoms with van der Waals surface area (Å²) in [6, 6.07) is 11.6. The number of hydrogen-bond donors (Lipinski definition) is 1. The van der Waals surface area contributed by atoms with E-state index in [0.29, 0.717) is 10.2 Å². The zero-order valence-corrected chi connectivity index (χ0v) is 16.5. The fourth-order valence-corrected chi connectivity index (χ4v) is 4.76. The molecule has 4 rings (SSSR count). The van der Waals surface area contributed by atoms with E-state index in [1.165, 1.54) is 27.1 Å². The lowest BCUT2D eigenvalue weighted by Gasteiger charge is -2.09. The molecule has 0 aliphatic rings. The predicted octanol–water partition coefficient (Wildman–Crippen LogP) is 4.44. The monoisotopic (exact) mass is 395 g/mol. The average Bonchev–Trinajstić information content (AvgIpc) is 3.26. The summed E-state index contributed by atoms with van der Waals surface area (Å²) in [7, 11) is 0. The second-order valence-electron chi connectivity index (χ2n) is 6.28. The first-order chi connectivity index (χ1) is 13.0. The molecule has 1 aromatic carbocycles.